The Hall–Kier alpha value is -2.01. The van der Waals surface area contributed by atoms with Gasteiger partial charge in [-0.25, -0.2) is 4.98 Å². The monoisotopic (exact) mass is 287 g/mol. The van der Waals surface area contributed by atoms with Crippen LogP contribution in [-0.4, -0.2) is 29.3 Å². The molecule has 0 amide bonds. The van der Waals surface area contributed by atoms with E-state index in [4.69, 9.17) is 9.47 Å². The molecule has 0 saturated carbocycles. The van der Waals surface area contributed by atoms with Crippen molar-refractivity contribution in [3.63, 3.8) is 0 Å². The molecule has 0 aliphatic carbocycles. The van der Waals surface area contributed by atoms with Crippen molar-refractivity contribution in [2.45, 2.75) is 26.4 Å². The van der Waals surface area contributed by atoms with Crippen LogP contribution in [0.5, 0.6) is 11.5 Å². The fourth-order valence-electron chi connectivity index (χ4n) is 2.65. The highest BCUT2D eigenvalue weighted by Crippen LogP contribution is 2.34. The van der Waals surface area contributed by atoms with Gasteiger partial charge in [-0.05, 0) is 31.2 Å². The van der Waals surface area contributed by atoms with Gasteiger partial charge in [0.05, 0.1) is 6.04 Å². The van der Waals surface area contributed by atoms with Crippen LogP contribution in [0.1, 0.15) is 31.3 Å². The molecular weight excluding hydrogens is 266 g/mol. The molecule has 0 saturated heterocycles. The van der Waals surface area contributed by atoms with Crippen LogP contribution in [0, 0.1) is 0 Å². The van der Waals surface area contributed by atoms with Crippen LogP contribution in [-0.2, 0) is 6.54 Å². The summed E-state index contributed by atoms with van der Waals surface area (Å²) < 4.78 is 13.4. The molecule has 1 N–H and O–H groups in total. The van der Waals surface area contributed by atoms with Crippen molar-refractivity contribution in [2.75, 3.05) is 19.8 Å². The maximum atomic E-state index is 5.69. The van der Waals surface area contributed by atoms with Crippen molar-refractivity contribution >= 4 is 0 Å². The van der Waals surface area contributed by atoms with Gasteiger partial charge in [0.1, 0.15) is 19.0 Å². The minimum atomic E-state index is 0.0563. The standard InChI is InChI=1S/C16H21N3O2/c1-3-17-15(16-18-7-8-19(16)4-2)12-5-6-13-14(11-12)21-10-9-20-13/h5-8,11,15,17H,3-4,9-10H2,1-2H3. The van der Waals surface area contributed by atoms with Gasteiger partial charge in [-0.2, -0.15) is 0 Å². The Morgan fingerprint density at radius 3 is 2.81 bits per heavy atom. The summed E-state index contributed by atoms with van der Waals surface area (Å²) in [5.74, 6) is 2.66. The molecule has 1 atom stereocenters. The maximum Gasteiger partial charge on any atom is 0.161 e. The van der Waals surface area contributed by atoms with Crippen molar-refractivity contribution in [1.29, 1.82) is 0 Å². The van der Waals surface area contributed by atoms with E-state index < -0.39 is 0 Å². The van der Waals surface area contributed by atoms with Crippen LogP contribution in [0.4, 0.5) is 0 Å². The summed E-state index contributed by atoms with van der Waals surface area (Å²) in [6, 6.07) is 6.17. The van der Waals surface area contributed by atoms with Gasteiger partial charge in [-0.1, -0.05) is 13.0 Å². The van der Waals surface area contributed by atoms with Crippen LogP contribution in [0.25, 0.3) is 0 Å². The second kappa shape index (κ2) is 6.18. The van der Waals surface area contributed by atoms with Crippen LogP contribution >= 0.6 is 0 Å². The van der Waals surface area contributed by atoms with Crippen molar-refractivity contribution in [3.05, 3.63) is 42.0 Å². The molecular formula is C16H21N3O2. The van der Waals surface area contributed by atoms with E-state index in [1.54, 1.807) is 0 Å². The smallest absolute Gasteiger partial charge is 0.161 e. The minimum absolute atomic E-state index is 0.0563. The zero-order valence-electron chi connectivity index (χ0n) is 12.5. The van der Waals surface area contributed by atoms with Gasteiger partial charge in [0.2, 0.25) is 0 Å². The number of hydrogen-bond acceptors (Lipinski definition) is 4. The quantitative estimate of drug-likeness (QED) is 0.917. The molecule has 3 rings (SSSR count). The predicted octanol–water partition coefficient (Wildman–Crippen LogP) is 2.37. The number of ether oxygens (including phenoxy) is 2. The Balaban J connectivity index is 1.97. The van der Waals surface area contributed by atoms with Crippen molar-refractivity contribution < 1.29 is 9.47 Å². The first kappa shape index (κ1) is 13.9. The largest absolute Gasteiger partial charge is 0.486 e. The lowest BCUT2D eigenvalue weighted by Crippen LogP contribution is -2.25. The van der Waals surface area contributed by atoms with E-state index in [1.165, 1.54) is 0 Å². The highest BCUT2D eigenvalue weighted by Gasteiger charge is 2.21. The third-order valence-corrected chi connectivity index (χ3v) is 3.65. The fraction of sp³-hybridized carbons (Fsp3) is 0.438. The second-order valence-electron chi connectivity index (χ2n) is 4.97. The predicted molar refractivity (Wildman–Crippen MR) is 80.9 cm³/mol. The van der Waals surface area contributed by atoms with Gasteiger partial charge in [0, 0.05) is 18.9 Å². The van der Waals surface area contributed by atoms with Gasteiger partial charge in [-0.15, -0.1) is 0 Å². The first-order valence-corrected chi connectivity index (χ1v) is 7.47. The third kappa shape index (κ3) is 2.74. The normalized spacial score (nSPS) is 15.0. The Morgan fingerprint density at radius 1 is 1.24 bits per heavy atom. The average molecular weight is 287 g/mol. The highest BCUT2D eigenvalue weighted by atomic mass is 16.6. The molecule has 0 fully saturated rings. The Kier molecular flexibility index (Phi) is 4.10. The summed E-state index contributed by atoms with van der Waals surface area (Å²) in [6.07, 6.45) is 3.86. The zero-order chi connectivity index (χ0) is 14.7. The molecule has 0 spiro atoms. The number of hydrogen-bond donors (Lipinski definition) is 1. The van der Waals surface area contributed by atoms with Crippen molar-refractivity contribution in [1.82, 2.24) is 14.9 Å². The number of fused-ring (bicyclic) bond motifs is 1. The number of imidazole rings is 1. The lowest BCUT2D eigenvalue weighted by molar-refractivity contribution is 0.171. The van der Waals surface area contributed by atoms with E-state index in [-0.39, 0.29) is 6.04 Å². The highest BCUT2D eigenvalue weighted by molar-refractivity contribution is 5.45. The molecule has 1 aliphatic heterocycles. The summed E-state index contributed by atoms with van der Waals surface area (Å²) in [7, 11) is 0. The van der Waals surface area contributed by atoms with Gasteiger partial charge < -0.3 is 19.4 Å². The summed E-state index contributed by atoms with van der Waals surface area (Å²) in [6.45, 7) is 7.22. The molecule has 1 aliphatic rings. The first-order chi connectivity index (χ1) is 10.3. The molecule has 1 aromatic carbocycles. The van der Waals surface area contributed by atoms with E-state index in [1.807, 2.05) is 18.5 Å². The van der Waals surface area contributed by atoms with Gasteiger partial charge in [0.15, 0.2) is 11.5 Å². The van der Waals surface area contributed by atoms with Gasteiger partial charge >= 0.3 is 0 Å². The SMILES string of the molecule is CCNC(c1ccc2c(c1)OCCO2)c1nccn1CC. The van der Waals surface area contributed by atoms with E-state index in [2.05, 4.69) is 40.8 Å². The van der Waals surface area contributed by atoms with Crippen LogP contribution in [0.3, 0.4) is 0 Å². The summed E-state index contributed by atoms with van der Waals surface area (Å²) in [5.41, 5.74) is 1.14. The van der Waals surface area contributed by atoms with Crippen molar-refractivity contribution in [2.24, 2.45) is 0 Å². The number of nitrogens with one attached hydrogen (secondary N) is 1. The Labute approximate surface area is 124 Å². The van der Waals surface area contributed by atoms with E-state index >= 15 is 0 Å². The molecule has 0 radical (unpaired) electrons. The molecule has 1 aromatic heterocycles. The Morgan fingerprint density at radius 2 is 2.05 bits per heavy atom. The number of aromatic nitrogens is 2. The van der Waals surface area contributed by atoms with E-state index in [9.17, 15) is 0 Å². The number of nitrogens with zero attached hydrogens (tertiary/aromatic N) is 2. The molecule has 5 heteroatoms. The molecule has 2 aromatic rings. The maximum absolute atomic E-state index is 5.69. The fourth-order valence-corrected chi connectivity index (χ4v) is 2.65. The lowest BCUT2D eigenvalue weighted by Gasteiger charge is -2.23. The molecule has 5 nitrogen and oxygen atoms in total. The third-order valence-electron chi connectivity index (χ3n) is 3.65. The first-order valence-electron chi connectivity index (χ1n) is 7.47. The molecule has 0 bridgehead atoms. The minimum Gasteiger partial charge on any atom is -0.486 e. The molecule has 21 heavy (non-hydrogen) atoms. The zero-order valence-corrected chi connectivity index (χ0v) is 12.5. The summed E-state index contributed by atoms with van der Waals surface area (Å²) in [4.78, 5) is 4.52. The van der Waals surface area contributed by atoms with Crippen LogP contribution in [0.2, 0.25) is 0 Å². The average Bonchev–Trinajstić information content (AvgIpc) is 3.00. The number of benzene rings is 1. The topological polar surface area (TPSA) is 48.3 Å². The van der Waals surface area contributed by atoms with Crippen LogP contribution in [0.15, 0.2) is 30.6 Å². The number of rotatable bonds is 5. The molecule has 2 heterocycles. The Bertz CT molecular complexity index is 609. The summed E-state index contributed by atoms with van der Waals surface area (Å²) in [5, 5.41) is 3.50. The van der Waals surface area contributed by atoms with Crippen LogP contribution < -0.4 is 14.8 Å². The number of aryl methyl sites for hydroxylation is 1. The molecule has 112 valence electrons. The molecule has 1 unspecified atom stereocenters. The lowest BCUT2D eigenvalue weighted by atomic mass is 10.0. The second-order valence-corrected chi connectivity index (χ2v) is 4.97. The van der Waals surface area contributed by atoms with E-state index in [0.29, 0.717) is 13.2 Å². The van der Waals surface area contributed by atoms with Gasteiger partial charge in [0.25, 0.3) is 0 Å². The van der Waals surface area contributed by atoms with E-state index in [0.717, 1.165) is 36.0 Å². The van der Waals surface area contributed by atoms with Gasteiger partial charge in [-0.3, -0.25) is 0 Å². The summed E-state index contributed by atoms with van der Waals surface area (Å²) >= 11 is 0. The van der Waals surface area contributed by atoms with Crippen molar-refractivity contribution in [3.8, 4) is 11.5 Å².